The number of benzene rings is 4. The number of rotatable bonds is 2. The Bertz CT molecular complexity index is 2240. The predicted molar refractivity (Wildman–Crippen MR) is 189 cm³/mol. The molecule has 8 heteroatoms. The number of thiazole rings is 4. The molecule has 4 aromatic carbocycles. The van der Waals surface area contributed by atoms with E-state index in [0.29, 0.717) is 0 Å². The third-order valence-corrected chi connectivity index (χ3v) is 10.8. The summed E-state index contributed by atoms with van der Waals surface area (Å²) in [4.78, 5) is 19.2. The minimum absolute atomic E-state index is 0.815. The second-order valence-corrected chi connectivity index (χ2v) is 14.5. The first-order valence-electron chi connectivity index (χ1n) is 13.8. The molecule has 0 radical (unpaired) electrons. The number of aromatic nitrogens is 4. The van der Waals surface area contributed by atoms with Gasteiger partial charge in [-0.05, 0) is 86.4 Å². The Morgan fingerprint density at radius 1 is 0.455 bits per heavy atom. The molecule has 0 spiro atoms. The highest BCUT2D eigenvalue weighted by molar-refractivity contribution is 7.21. The average molecular weight is 637 g/mol. The normalized spacial score (nSPS) is 11.4. The molecule has 0 aliphatic rings. The van der Waals surface area contributed by atoms with Crippen molar-refractivity contribution in [2.75, 3.05) is 0 Å². The van der Waals surface area contributed by atoms with Crippen molar-refractivity contribution in [3.05, 3.63) is 115 Å². The number of hydrogen-bond acceptors (Lipinski definition) is 8. The number of hydrogen-bond donors (Lipinski definition) is 0. The SMILES string of the molecule is Cc1ccc(C#Cc2nc3cc4sc(/C=C/c5nc6cc7sc(C#Cc8ccc(C)cc8)nc7cc6s5)nc4cc3s2)cc1. The van der Waals surface area contributed by atoms with Crippen LogP contribution in [0.25, 0.3) is 53.0 Å². The van der Waals surface area contributed by atoms with Gasteiger partial charge in [0.05, 0.1) is 40.9 Å². The Labute approximate surface area is 269 Å². The van der Waals surface area contributed by atoms with E-state index in [0.717, 1.165) is 72.0 Å². The Balaban J connectivity index is 1.01. The van der Waals surface area contributed by atoms with E-state index in [4.69, 9.17) is 19.9 Å². The van der Waals surface area contributed by atoms with Crippen LogP contribution in [0.4, 0.5) is 0 Å². The van der Waals surface area contributed by atoms with Gasteiger partial charge in [0.1, 0.15) is 10.0 Å². The molecule has 4 heterocycles. The Hall–Kier alpha value is -4.70. The van der Waals surface area contributed by atoms with Crippen LogP contribution >= 0.6 is 45.3 Å². The van der Waals surface area contributed by atoms with E-state index in [9.17, 15) is 0 Å². The Morgan fingerprint density at radius 2 is 0.818 bits per heavy atom. The average Bonchev–Trinajstić information content (AvgIpc) is 3.80. The molecule has 0 aliphatic heterocycles. The second kappa shape index (κ2) is 11.1. The van der Waals surface area contributed by atoms with Crippen LogP contribution in [0.2, 0.25) is 0 Å². The summed E-state index contributed by atoms with van der Waals surface area (Å²) < 4.78 is 4.40. The van der Waals surface area contributed by atoms with E-state index in [2.05, 4.69) is 86.1 Å². The molecule has 44 heavy (non-hydrogen) atoms. The van der Waals surface area contributed by atoms with Crippen molar-refractivity contribution in [2.45, 2.75) is 13.8 Å². The molecule has 0 atom stereocenters. The third-order valence-electron chi connectivity index (χ3n) is 6.93. The maximum atomic E-state index is 4.86. The quantitative estimate of drug-likeness (QED) is 0.177. The summed E-state index contributed by atoms with van der Waals surface area (Å²) in [6.07, 6.45) is 4.09. The number of fused-ring (bicyclic) bond motifs is 4. The lowest BCUT2D eigenvalue weighted by Gasteiger charge is -1.90. The van der Waals surface area contributed by atoms with Gasteiger partial charge in [-0.2, -0.15) is 0 Å². The first kappa shape index (κ1) is 26.9. The predicted octanol–water partition coefficient (Wildman–Crippen LogP) is 9.71. The molecular formula is C36H20N4S4. The number of nitrogens with zero attached hydrogens (tertiary/aromatic N) is 4. The van der Waals surface area contributed by atoms with Crippen LogP contribution in [-0.4, -0.2) is 19.9 Å². The topological polar surface area (TPSA) is 51.6 Å². The molecule has 4 aromatic heterocycles. The van der Waals surface area contributed by atoms with Gasteiger partial charge < -0.3 is 0 Å². The van der Waals surface area contributed by atoms with Gasteiger partial charge in [0, 0.05) is 11.1 Å². The van der Waals surface area contributed by atoms with Gasteiger partial charge >= 0.3 is 0 Å². The fourth-order valence-electron chi connectivity index (χ4n) is 4.65. The molecule has 0 N–H and O–H groups in total. The van der Waals surface area contributed by atoms with Crippen molar-refractivity contribution in [3.63, 3.8) is 0 Å². The standard InChI is InChI=1S/C36H20N4S4/c1-21-3-7-23(8-4-21)11-13-33-37-25-17-31-27(19-29(25)41-33)39-35(43-31)15-16-36-40-28-20-30-26(18-32(28)44-36)38-34(42-30)14-12-24-9-5-22(2)6-10-24/h3-10,15-20H,1-2H3/b16-15+. The molecule has 8 rings (SSSR count). The van der Waals surface area contributed by atoms with Gasteiger partial charge in [-0.3, -0.25) is 0 Å². The molecule has 0 bridgehead atoms. The summed E-state index contributed by atoms with van der Waals surface area (Å²) >= 11 is 6.51. The summed E-state index contributed by atoms with van der Waals surface area (Å²) in [6, 6.07) is 24.9. The number of aryl methyl sites for hydroxylation is 2. The van der Waals surface area contributed by atoms with E-state index in [1.165, 1.54) is 11.1 Å². The van der Waals surface area contributed by atoms with Gasteiger partial charge in [0.15, 0.2) is 10.0 Å². The fourth-order valence-corrected chi connectivity index (χ4v) is 8.09. The van der Waals surface area contributed by atoms with Crippen LogP contribution < -0.4 is 0 Å². The van der Waals surface area contributed by atoms with Crippen LogP contribution in [-0.2, 0) is 0 Å². The second-order valence-electron chi connectivity index (χ2n) is 10.3. The zero-order valence-corrected chi connectivity index (χ0v) is 26.8. The highest BCUT2D eigenvalue weighted by Crippen LogP contribution is 2.33. The minimum Gasteiger partial charge on any atom is -0.237 e. The van der Waals surface area contributed by atoms with Crippen LogP contribution in [0.5, 0.6) is 0 Å². The largest absolute Gasteiger partial charge is 0.237 e. The van der Waals surface area contributed by atoms with Crippen LogP contribution in [0.1, 0.15) is 42.3 Å². The molecule has 0 fully saturated rings. The molecule has 0 amide bonds. The molecule has 4 nitrogen and oxygen atoms in total. The molecule has 8 aromatic rings. The van der Waals surface area contributed by atoms with Gasteiger partial charge in [-0.25, -0.2) is 19.9 Å². The minimum atomic E-state index is 0.815. The monoisotopic (exact) mass is 636 g/mol. The molecular weight excluding hydrogens is 617 g/mol. The summed E-state index contributed by atoms with van der Waals surface area (Å²) in [5, 5.41) is 3.51. The lowest BCUT2D eigenvalue weighted by atomic mass is 10.2. The first-order chi connectivity index (χ1) is 21.5. The summed E-state index contributed by atoms with van der Waals surface area (Å²) in [7, 11) is 0. The molecule has 0 aliphatic carbocycles. The Kier molecular flexibility index (Phi) is 6.78. The van der Waals surface area contributed by atoms with Gasteiger partial charge in [-0.15, -0.1) is 45.3 Å². The summed E-state index contributed by atoms with van der Waals surface area (Å²) in [6.45, 7) is 4.15. The van der Waals surface area contributed by atoms with Crippen LogP contribution in [0.15, 0.2) is 72.8 Å². The zero-order chi connectivity index (χ0) is 29.6. The molecule has 0 saturated heterocycles. The lowest BCUT2D eigenvalue weighted by molar-refractivity contribution is 1.44. The van der Waals surface area contributed by atoms with E-state index in [1.807, 2.05) is 36.4 Å². The molecule has 208 valence electrons. The third kappa shape index (κ3) is 5.53. The Morgan fingerprint density at radius 3 is 1.23 bits per heavy atom. The highest BCUT2D eigenvalue weighted by Gasteiger charge is 2.10. The van der Waals surface area contributed by atoms with Crippen molar-refractivity contribution in [2.24, 2.45) is 0 Å². The van der Waals surface area contributed by atoms with Crippen LogP contribution in [0.3, 0.4) is 0 Å². The van der Waals surface area contributed by atoms with E-state index in [-0.39, 0.29) is 0 Å². The first-order valence-corrected chi connectivity index (χ1v) is 17.1. The van der Waals surface area contributed by atoms with E-state index < -0.39 is 0 Å². The van der Waals surface area contributed by atoms with Crippen molar-refractivity contribution in [1.29, 1.82) is 0 Å². The lowest BCUT2D eigenvalue weighted by Crippen LogP contribution is -1.76. The highest BCUT2D eigenvalue weighted by atomic mass is 32.1. The maximum Gasteiger partial charge on any atom is 0.168 e. The van der Waals surface area contributed by atoms with E-state index >= 15 is 0 Å². The van der Waals surface area contributed by atoms with Crippen molar-refractivity contribution < 1.29 is 0 Å². The van der Waals surface area contributed by atoms with Gasteiger partial charge in [0.25, 0.3) is 0 Å². The van der Waals surface area contributed by atoms with Crippen molar-refractivity contribution >= 4 is 98.4 Å². The van der Waals surface area contributed by atoms with Gasteiger partial charge in [-0.1, -0.05) is 47.2 Å². The zero-order valence-electron chi connectivity index (χ0n) is 23.5. The molecule has 0 unspecified atom stereocenters. The van der Waals surface area contributed by atoms with Crippen molar-refractivity contribution in [1.82, 2.24) is 19.9 Å². The smallest absolute Gasteiger partial charge is 0.168 e. The summed E-state index contributed by atoms with van der Waals surface area (Å²) in [5.41, 5.74) is 8.30. The van der Waals surface area contributed by atoms with Gasteiger partial charge in [0.2, 0.25) is 0 Å². The summed E-state index contributed by atoms with van der Waals surface area (Å²) in [5.74, 6) is 12.9. The molecule has 0 saturated carbocycles. The van der Waals surface area contributed by atoms with Crippen molar-refractivity contribution in [3.8, 4) is 23.7 Å². The van der Waals surface area contributed by atoms with Crippen LogP contribution in [0, 0.1) is 37.5 Å². The van der Waals surface area contributed by atoms with E-state index in [1.54, 1.807) is 45.3 Å². The maximum absolute atomic E-state index is 4.86. The fraction of sp³-hybridized carbons (Fsp3) is 0.0556.